The quantitative estimate of drug-likeness (QED) is 0.660. The van der Waals surface area contributed by atoms with E-state index in [-0.39, 0.29) is 5.78 Å². The first-order chi connectivity index (χ1) is 14.7. The van der Waals surface area contributed by atoms with Gasteiger partial charge in [0.25, 0.3) is 0 Å². The molecular formula is C25H26N4O. The largest absolute Gasteiger partial charge is 0.369 e. The summed E-state index contributed by atoms with van der Waals surface area (Å²) in [5.74, 6) is 0.215. The van der Waals surface area contributed by atoms with Crippen LogP contribution in [0.3, 0.4) is 0 Å². The first-order valence-electron chi connectivity index (χ1n) is 11.0. The Morgan fingerprint density at radius 1 is 1.03 bits per heavy atom. The molecule has 0 N–H and O–H groups in total. The maximum atomic E-state index is 13.0. The highest BCUT2D eigenvalue weighted by Gasteiger charge is 2.30. The van der Waals surface area contributed by atoms with Crippen molar-refractivity contribution in [1.82, 2.24) is 14.3 Å². The standard InChI is InChI=1S/C25H26N4O/c30-24-7-4-18-14-21(28-13-12-27-10-1-2-22(27)17-28)6-3-19(18)15-23(24)20-5-8-25-26-9-11-29(25)16-20/h3,5-6,8-9,11,14-16,22H,1-2,4,7,10,12-13,17H2/t22-/m0/s1. The van der Waals surface area contributed by atoms with Crippen LogP contribution in [-0.4, -0.2) is 52.3 Å². The number of carbonyl (C=O) groups excluding carboxylic acids is 1. The van der Waals surface area contributed by atoms with E-state index in [1.807, 2.05) is 28.9 Å². The van der Waals surface area contributed by atoms with Crippen LogP contribution in [0, 0.1) is 0 Å². The Balaban J connectivity index is 1.33. The highest BCUT2D eigenvalue weighted by Crippen LogP contribution is 2.32. The number of pyridine rings is 1. The molecule has 0 unspecified atom stereocenters. The maximum absolute atomic E-state index is 13.0. The summed E-state index contributed by atoms with van der Waals surface area (Å²) in [4.78, 5) is 22.4. The number of anilines is 1. The molecule has 1 aromatic carbocycles. The summed E-state index contributed by atoms with van der Waals surface area (Å²) in [6.45, 7) is 4.66. The zero-order chi connectivity index (χ0) is 20.1. The molecule has 6 rings (SSSR count). The van der Waals surface area contributed by atoms with E-state index in [9.17, 15) is 4.79 Å². The van der Waals surface area contributed by atoms with Crippen molar-refractivity contribution in [1.29, 1.82) is 0 Å². The Morgan fingerprint density at radius 2 is 2.00 bits per heavy atom. The van der Waals surface area contributed by atoms with Crippen molar-refractivity contribution < 1.29 is 4.79 Å². The molecule has 0 spiro atoms. The van der Waals surface area contributed by atoms with E-state index in [2.05, 4.69) is 39.1 Å². The molecule has 2 saturated heterocycles. The van der Waals surface area contributed by atoms with Gasteiger partial charge in [0, 0.05) is 67.5 Å². The van der Waals surface area contributed by atoms with Crippen molar-refractivity contribution in [2.24, 2.45) is 0 Å². The highest BCUT2D eigenvalue weighted by atomic mass is 16.1. The van der Waals surface area contributed by atoms with Gasteiger partial charge in [0.05, 0.1) is 0 Å². The number of aryl methyl sites for hydroxylation is 1. The van der Waals surface area contributed by atoms with Crippen LogP contribution >= 0.6 is 0 Å². The Hall–Kier alpha value is -2.92. The minimum atomic E-state index is 0.215. The summed E-state index contributed by atoms with van der Waals surface area (Å²) < 4.78 is 1.97. The van der Waals surface area contributed by atoms with E-state index in [0.29, 0.717) is 12.5 Å². The predicted octanol–water partition coefficient (Wildman–Crippen LogP) is 3.67. The second-order valence-electron chi connectivity index (χ2n) is 8.75. The van der Waals surface area contributed by atoms with Crippen molar-refractivity contribution in [2.45, 2.75) is 31.7 Å². The summed E-state index contributed by atoms with van der Waals surface area (Å²) >= 11 is 0. The average Bonchev–Trinajstić information content (AvgIpc) is 3.40. The number of hydrogen-bond acceptors (Lipinski definition) is 4. The molecule has 0 radical (unpaired) electrons. The Bertz CT molecular complexity index is 1160. The van der Waals surface area contributed by atoms with Gasteiger partial charge in [0.1, 0.15) is 5.65 Å². The minimum Gasteiger partial charge on any atom is -0.369 e. The van der Waals surface area contributed by atoms with E-state index in [0.717, 1.165) is 36.3 Å². The van der Waals surface area contributed by atoms with Crippen molar-refractivity contribution in [2.75, 3.05) is 31.1 Å². The van der Waals surface area contributed by atoms with Crippen LogP contribution < -0.4 is 4.90 Å². The lowest BCUT2D eigenvalue weighted by molar-refractivity contribution is -0.113. The number of imidazole rings is 1. The Morgan fingerprint density at radius 3 is 2.97 bits per heavy atom. The average molecular weight is 399 g/mol. The second kappa shape index (κ2) is 7.10. The zero-order valence-electron chi connectivity index (χ0n) is 17.1. The van der Waals surface area contributed by atoms with Crippen molar-refractivity contribution >= 4 is 28.8 Å². The van der Waals surface area contributed by atoms with Crippen LogP contribution in [0.25, 0.3) is 17.3 Å². The summed E-state index contributed by atoms with van der Waals surface area (Å²) in [6.07, 6.45) is 11.8. The van der Waals surface area contributed by atoms with Crippen LogP contribution in [0.15, 0.2) is 48.9 Å². The number of nitrogens with zero attached hydrogens (tertiary/aromatic N) is 4. The molecule has 2 aromatic heterocycles. The predicted molar refractivity (Wildman–Crippen MR) is 120 cm³/mol. The molecule has 5 nitrogen and oxygen atoms in total. The molecule has 2 fully saturated rings. The molecule has 0 bridgehead atoms. The molecule has 1 aliphatic carbocycles. The molecule has 3 aliphatic rings. The smallest absolute Gasteiger partial charge is 0.163 e. The van der Waals surface area contributed by atoms with Crippen molar-refractivity contribution in [3.63, 3.8) is 0 Å². The van der Waals surface area contributed by atoms with Gasteiger partial charge in [-0.15, -0.1) is 0 Å². The molecule has 3 aromatic rings. The fourth-order valence-electron chi connectivity index (χ4n) is 5.31. The van der Waals surface area contributed by atoms with Crippen LogP contribution in [0.2, 0.25) is 0 Å². The van der Waals surface area contributed by atoms with Gasteiger partial charge in [0.15, 0.2) is 5.78 Å². The van der Waals surface area contributed by atoms with Crippen LogP contribution in [0.4, 0.5) is 5.69 Å². The normalized spacial score (nSPS) is 22.0. The van der Waals surface area contributed by atoms with Gasteiger partial charge in [-0.2, -0.15) is 0 Å². The maximum Gasteiger partial charge on any atom is 0.163 e. The van der Waals surface area contributed by atoms with Crippen LogP contribution in [0.1, 0.15) is 36.0 Å². The summed E-state index contributed by atoms with van der Waals surface area (Å²) in [5.41, 5.74) is 6.42. The van der Waals surface area contributed by atoms with Gasteiger partial charge in [-0.1, -0.05) is 6.07 Å². The number of carbonyl (C=O) groups is 1. The summed E-state index contributed by atoms with van der Waals surface area (Å²) in [5, 5.41) is 0. The molecule has 152 valence electrons. The van der Waals surface area contributed by atoms with E-state index in [4.69, 9.17) is 0 Å². The van der Waals surface area contributed by atoms with Gasteiger partial charge in [-0.3, -0.25) is 9.69 Å². The highest BCUT2D eigenvalue weighted by molar-refractivity contribution is 6.25. The monoisotopic (exact) mass is 398 g/mol. The van der Waals surface area contributed by atoms with E-state index >= 15 is 0 Å². The molecule has 4 heterocycles. The third kappa shape index (κ3) is 3.05. The molecule has 5 heteroatoms. The fourth-order valence-corrected chi connectivity index (χ4v) is 5.31. The molecular weight excluding hydrogens is 372 g/mol. The first kappa shape index (κ1) is 17.9. The van der Waals surface area contributed by atoms with E-state index < -0.39 is 0 Å². The fraction of sp³-hybridized carbons (Fsp3) is 0.360. The van der Waals surface area contributed by atoms with Gasteiger partial charge in [0.2, 0.25) is 0 Å². The van der Waals surface area contributed by atoms with Gasteiger partial charge in [-0.25, -0.2) is 4.98 Å². The van der Waals surface area contributed by atoms with Gasteiger partial charge < -0.3 is 9.30 Å². The first-order valence-corrected chi connectivity index (χ1v) is 11.0. The number of allylic oxidation sites excluding steroid dienone is 1. The SMILES string of the molecule is O=C1CCc2cc(N3CCN4CCC[C@H]4C3)ccc2C=C1c1ccc2nccn2c1. The lowest BCUT2D eigenvalue weighted by Crippen LogP contribution is -2.50. The Kier molecular flexibility index (Phi) is 4.23. The van der Waals surface area contributed by atoms with Crippen molar-refractivity contribution in [3.8, 4) is 0 Å². The van der Waals surface area contributed by atoms with E-state index in [1.54, 1.807) is 6.20 Å². The lowest BCUT2D eigenvalue weighted by Gasteiger charge is -2.39. The van der Waals surface area contributed by atoms with Crippen molar-refractivity contribution in [3.05, 3.63) is 65.6 Å². The third-order valence-corrected chi connectivity index (χ3v) is 7.00. The molecule has 2 aliphatic heterocycles. The summed E-state index contributed by atoms with van der Waals surface area (Å²) in [6, 6.07) is 11.5. The number of Topliss-reactive ketones (excluding diaryl/α,β-unsaturated/α-hetero) is 1. The van der Waals surface area contributed by atoms with E-state index in [1.165, 1.54) is 42.7 Å². The minimum absolute atomic E-state index is 0.215. The lowest BCUT2D eigenvalue weighted by atomic mass is 10.0. The number of ketones is 1. The zero-order valence-corrected chi connectivity index (χ0v) is 17.1. The third-order valence-electron chi connectivity index (χ3n) is 7.00. The number of benzene rings is 1. The number of aromatic nitrogens is 2. The number of hydrogen-bond donors (Lipinski definition) is 0. The van der Waals surface area contributed by atoms with Crippen LogP contribution in [0.5, 0.6) is 0 Å². The number of rotatable bonds is 2. The number of piperazine rings is 1. The van der Waals surface area contributed by atoms with Gasteiger partial charge >= 0.3 is 0 Å². The number of fused-ring (bicyclic) bond motifs is 3. The molecule has 1 atom stereocenters. The molecule has 30 heavy (non-hydrogen) atoms. The Labute approximate surface area is 176 Å². The molecule has 0 amide bonds. The summed E-state index contributed by atoms with van der Waals surface area (Å²) in [7, 11) is 0. The molecule has 0 saturated carbocycles. The topological polar surface area (TPSA) is 40.9 Å². The second-order valence-corrected chi connectivity index (χ2v) is 8.75. The van der Waals surface area contributed by atoms with Gasteiger partial charge in [-0.05, 0) is 67.3 Å². The van der Waals surface area contributed by atoms with Crippen LogP contribution in [-0.2, 0) is 11.2 Å².